The summed E-state index contributed by atoms with van der Waals surface area (Å²) < 4.78 is 29.8. The predicted molar refractivity (Wildman–Crippen MR) is 199 cm³/mol. The largest absolute Gasteiger partial charge is 0.494 e. The Hall–Kier alpha value is -3.12. The summed E-state index contributed by atoms with van der Waals surface area (Å²) in [5.74, 6) is 0.312. The predicted octanol–water partition coefficient (Wildman–Crippen LogP) is 7.46. The van der Waals surface area contributed by atoms with Gasteiger partial charge in [-0.2, -0.15) is 0 Å². The molecule has 0 saturated carbocycles. The smallest absolute Gasteiger partial charge is 0.253 e. The van der Waals surface area contributed by atoms with Gasteiger partial charge < -0.3 is 23.7 Å². The molecule has 0 fully saturated rings. The first-order valence-electron chi connectivity index (χ1n) is 19.6. The third-order valence-corrected chi connectivity index (χ3v) is 8.85. The Balaban J connectivity index is 1.07. The van der Waals surface area contributed by atoms with Crippen molar-refractivity contribution < 1.29 is 33.3 Å². The van der Waals surface area contributed by atoms with E-state index in [0.29, 0.717) is 52.8 Å². The van der Waals surface area contributed by atoms with Gasteiger partial charge in [0.1, 0.15) is 11.4 Å². The highest BCUT2D eigenvalue weighted by molar-refractivity contribution is 6.12. The zero-order valence-electron chi connectivity index (χ0n) is 31.3. The Morgan fingerprint density at radius 1 is 0.569 bits per heavy atom. The maximum Gasteiger partial charge on any atom is 0.253 e. The molecule has 0 unspecified atom stereocenters. The summed E-state index contributed by atoms with van der Waals surface area (Å²) in [6, 6.07) is 8.22. The van der Waals surface area contributed by atoms with Gasteiger partial charge in [-0.25, -0.2) is 4.68 Å². The van der Waals surface area contributed by atoms with E-state index < -0.39 is 0 Å². The second kappa shape index (κ2) is 28.5. The van der Waals surface area contributed by atoms with Crippen LogP contribution in [0.1, 0.15) is 121 Å². The fraction of sp³-hybridized carbons (Fsp3) is 0.700. The van der Waals surface area contributed by atoms with Crippen molar-refractivity contribution in [3.05, 3.63) is 53.9 Å². The number of carbonyl (C=O) groups excluding carboxylic acids is 2. The van der Waals surface area contributed by atoms with Crippen LogP contribution >= 0.6 is 0 Å². The van der Waals surface area contributed by atoms with Crippen LogP contribution in [0.5, 0.6) is 5.75 Å². The monoisotopic (exact) mass is 712 g/mol. The number of hydrogen-bond acceptors (Lipinski definition) is 9. The molecule has 2 aromatic rings. The van der Waals surface area contributed by atoms with Gasteiger partial charge in [0, 0.05) is 12.2 Å². The molecule has 0 radical (unpaired) electrons. The number of benzene rings is 1. The molecule has 0 aliphatic carbocycles. The number of nitrogens with zero attached hydrogens (tertiary/aromatic N) is 4. The summed E-state index contributed by atoms with van der Waals surface area (Å²) in [6.45, 7) is 7.17. The first-order chi connectivity index (χ1) is 25.2. The van der Waals surface area contributed by atoms with Gasteiger partial charge in [-0.1, -0.05) is 121 Å². The van der Waals surface area contributed by atoms with Gasteiger partial charge in [-0.3, -0.25) is 14.5 Å². The molecule has 0 N–H and O–H groups in total. The van der Waals surface area contributed by atoms with Crippen LogP contribution in [-0.4, -0.2) is 91.1 Å². The van der Waals surface area contributed by atoms with E-state index in [0.717, 1.165) is 34.9 Å². The lowest BCUT2D eigenvalue weighted by atomic mass is 10.0. The highest BCUT2D eigenvalue weighted by atomic mass is 16.6. The van der Waals surface area contributed by atoms with E-state index in [1.807, 2.05) is 23.0 Å². The maximum absolute atomic E-state index is 11.5. The molecular formula is C40H64N4O7. The number of ether oxygens (including phenoxy) is 5. The van der Waals surface area contributed by atoms with Crippen LogP contribution in [0.3, 0.4) is 0 Å². The van der Waals surface area contributed by atoms with E-state index in [2.05, 4.69) is 29.4 Å². The molecule has 0 bridgehead atoms. The van der Waals surface area contributed by atoms with Crippen LogP contribution < -0.4 is 4.74 Å². The quantitative estimate of drug-likeness (QED) is 0.0539. The van der Waals surface area contributed by atoms with Gasteiger partial charge in [0.05, 0.1) is 78.7 Å². The molecule has 1 aromatic carbocycles. The molecule has 2 amide bonds. The van der Waals surface area contributed by atoms with Crippen LogP contribution in [0, 0.1) is 0 Å². The number of carbonyl (C=O) groups is 2. The molecule has 11 nitrogen and oxygen atoms in total. The molecule has 0 spiro atoms. The van der Waals surface area contributed by atoms with E-state index in [-0.39, 0.29) is 25.0 Å². The third-order valence-electron chi connectivity index (χ3n) is 8.85. The fourth-order valence-electron chi connectivity index (χ4n) is 5.84. The Morgan fingerprint density at radius 2 is 1.06 bits per heavy atom. The van der Waals surface area contributed by atoms with E-state index in [9.17, 15) is 9.59 Å². The molecule has 1 aliphatic rings. The highest BCUT2D eigenvalue weighted by Crippen LogP contribution is 2.16. The standard InChI is InChI=1S/C40H64N4O7/c1-2-3-4-5-6-7-8-9-10-11-12-13-14-15-16-17-25-51-38-20-18-36(19-21-38)33-43-34-37(41-42-43)35-50-32-31-49-30-29-48-28-27-47-26-24-44-39(45)22-23-40(44)46/h18-23,34H,2-17,24-33,35H2,1H3. The molecular weight excluding hydrogens is 648 g/mol. The van der Waals surface area contributed by atoms with Crippen molar-refractivity contribution in [1.82, 2.24) is 19.9 Å². The zero-order chi connectivity index (χ0) is 36.0. The second-order valence-electron chi connectivity index (χ2n) is 13.3. The summed E-state index contributed by atoms with van der Waals surface area (Å²) in [5, 5.41) is 8.43. The topological polar surface area (TPSA) is 114 Å². The number of rotatable bonds is 34. The summed E-state index contributed by atoms with van der Waals surface area (Å²) in [4.78, 5) is 24.1. The first kappa shape index (κ1) is 42.3. The minimum Gasteiger partial charge on any atom is -0.494 e. The normalized spacial score (nSPS) is 12.8. The van der Waals surface area contributed by atoms with Gasteiger partial charge in [0.2, 0.25) is 0 Å². The van der Waals surface area contributed by atoms with Crippen molar-refractivity contribution in [2.75, 3.05) is 59.4 Å². The maximum atomic E-state index is 11.5. The summed E-state index contributed by atoms with van der Waals surface area (Å²) in [6.07, 6.45) is 26.4. The highest BCUT2D eigenvalue weighted by Gasteiger charge is 2.22. The Labute approximate surface area is 306 Å². The molecule has 1 aromatic heterocycles. The van der Waals surface area contributed by atoms with Crippen LogP contribution in [0.2, 0.25) is 0 Å². The summed E-state index contributed by atoms with van der Waals surface area (Å²) in [5.41, 5.74) is 1.91. The van der Waals surface area contributed by atoms with Crippen molar-refractivity contribution in [3.8, 4) is 5.75 Å². The van der Waals surface area contributed by atoms with Gasteiger partial charge >= 0.3 is 0 Å². The number of imide groups is 1. The fourth-order valence-corrected chi connectivity index (χ4v) is 5.84. The van der Waals surface area contributed by atoms with E-state index in [1.165, 1.54) is 108 Å². The molecule has 286 valence electrons. The van der Waals surface area contributed by atoms with Crippen molar-refractivity contribution in [2.45, 2.75) is 123 Å². The minimum absolute atomic E-state index is 0.243. The molecule has 2 heterocycles. The number of aromatic nitrogens is 3. The lowest BCUT2D eigenvalue weighted by Crippen LogP contribution is -2.33. The van der Waals surface area contributed by atoms with Crippen molar-refractivity contribution in [3.63, 3.8) is 0 Å². The van der Waals surface area contributed by atoms with E-state index in [4.69, 9.17) is 23.7 Å². The van der Waals surface area contributed by atoms with Gasteiger partial charge in [0.25, 0.3) is 11.8 Å². The minimum atomic E-state index is -0.301. The van der Waals surface area contributed by atoms with Gasteiger partial charge in [-0.15, -0.1) is 5.10 Å². The van der Waals surface area contributed by atoms with Gasteiger partial charge in [0.15, 0.2) is 0 Å². The average Bonchev–Trinajstić information content (AvgIpc) is 3.72. The number of amides is 2. The van der Waals surface area contributed by atoms with Crippen molar-refractivity contribution >= 4 is 11.8 Å². The van der Waals surface area contributed by atoms with Crippen LogP contribution in [0.15, 0.2) is 42.6 Å². The van der Waals surface area contributed by atoms with Crippen LogP contribution in [0.4, 0.5) is 0 Å². The third kappa shape index (κ3) is 20.5. The number of unbranched alkanes of at least 4 members (excludes halogenated alkanes) is 15. The number of hydrogen-bond donors (Lipinski definition) is 0. The van der Waals surface area contributed by atoms with Crippen molar-refractivity contribution in [1.29, 1.82) is 0 Å². The average molecular weight is 713 g/mol. The van der Waals surface area contributed by atoms with Crippen molar-refractivity contribution in [2.24, 2.45) is 0 Å². The Bertz CT molecular complexity index is 1190. The molecule has 11 heteroatoms. The molecule has 0 atom stereocenters. The van der Waals surface area contributed by atoms with E-state index >= 15 is 0 Å². The Morgan fingerprint density at radius 3 is 1.61 bits per heavy atom. The van der Waals surface area contributed by atoms with Crippen LogP contribution in [0.25, 0.3) is 0 Å². The lowest BCUT2D eigenvalue weighted by molar-refractivity contribution is -0.137. The lowest BCUT2D eigenvalue weighted by Gasteiger charge is -2.13. The van der Waals surface area contributed by atoms with E-state index in [1.54, 1.807) is 0 Å². The molecule has 3 rings (SSSR count). The summed E-state index contributed by atoms with van der Waals surface area (Å²) >= 11 is 0. The molecule has 1 aliphatic heterocycles. The molecule has 51 heavy (non-hydrogen) atoms. The first-order valence-corrected chi connectivity index (χ1v) is 19.6. The van der Waals surface area contributed by atoms with Crippen LogP contribution in [-0.2, 0) is 41.7 Å². The summed E-state index contributed by atoms with van der Waals surface area (Å²) in [7, 11) is 0. The second-order valence-corrected chi connectivity index (χ2v) is 13.3. The Kier molecular flexibility index (Phi) is 23.6. The van der Waals surface area contributed by atoms with Gasteiger partial charge in [-0.05, 0) is 24.1 Å². The zero-order valence-corrected chi connectivity index (χ0v) is 31.3. The SMILES string of the molecule is CCCCCCCCCCCCCCCCCCOc1ccc(Cn2cc(COCCOCCOCCOCCN3C(=O)C=CC3=O)nn2)cc1. The molecule has 0 saturated heterocycles.